The van der Waals surface area contributed by atoms with Crippen molar-refractivity contribution >= 4 is 23.8 Å². The first kappa shape index (κ1) is 15.3. The Balaban J connectivity index is 2.02. The summed E-state index contributed by atoms with van der Waals surface area (Å²) in [6, 6.07) is 0. The zero-order chi connectivity index (χ0) is 15.1. The number of nitrogens with one attached hydrogen (secondary N) is 2. The Kier molecular flexibility index (Phi) is 5.53. The van der Waals surface area contributed by atoms with Gasteiger partial charge in [-0.25, -0.2) is 0 Å². The second kappa shape index (κ2) is 7.61. The van der Waals surface area contributed by atoms with Gasteiger partial charge in [0.1, 0.15) is 0 Å². The third-order valence-electron chi connectivity index (χ3n) is 3.23. The smallest absolute Gasteiger partial charge is 0.231 e. The van der Waals surface area contributed by atoms with E-state index in [-0.39, 0.29) is 5.91 Å². The van der Waals surface area contributed by atoms with Gasteiger partial charge < -0.3 is 21.3 Å². The predicted molar refractivity (Wildman–Crippen MR) is 82.4 cm³/mol. The van der Waals surface area contributed by atoms with E-state index in [1.807, 2.05) is 6.92 Å². The zero-order valence-electron chi connectivity index (χ0n) is 12.4. The number of anilines is 3. The second-order valence-corrected chi connectivity index (χ2v) is 5.00. The van der Waals surface area contributed by atoms with Gasteiger partial charge in [0.2, 0.25) is 23.8 Å². The molecule has 116 valence electrons. The van der Waals surface area contributed by atoms with Crippen molar-refractivity contribution < 1.29 is 4.79 Å². The van der Waals surface area contributed by atoms with E-state index in [1.54, 1.807) is 0 Å². The summed E-state index contributed by atoms with van der Waals surface area (Å²) in [6.45, 7) is 5.33. The molecule has 8 nitrogen and oxygen atoms in total. The zero-order valence-corrected chi connectivity index (χ0v) is 12.4. The standard InChI is InChI=1S/C13H23N7O/c1-2-15-11-17-12(16-7-5-6-10(14)21)19-13(18-11)20-8-3-4-9-20/h2-9H2,1H3,(H2,14,21)(H2,15,16,17,18,19). The molecule has 1 saturated heterocycles. The van der Waals surface area contributed by atoms with Crippen molar-refractivity contribution in [3.8, 4) is 0 Å². The third-order valence-corrected chi connectivity index (χ3v) is 3.23. The van der Waals surface area contributed by atoms with E-state index < -0.39 is 0 Å². The molecule has 0 spiro atoms. The van der Waals surface area contributed by atoms with Crippen molar-refractivity contribution in [1.29, 1.82) is 0 Å². The monoisotopic (exact) mass is 293 g/mol. The van der Waals surface area contributed by atoms with Crippen LogP contribution in [-0.4, -0.2) is 47.0 Å². The summed E-state index contributed by atoms with van der Waals surface area (Å²) in [4.78, 5) is 26.1. The van der Waals surface area contributed by atoms with Crippen molar-refractivity contribution in [2.24, 2.45) is 5.73 Å². The van der Waals surface area contributed by atoms with Gasteiger partial charge in [-0.1, -0.05) is 0 Å². The summed E-state index contributed by atoms with van der Waals surface area (Å²) in [5.74, 6) is 1.52. The lowest BCUT2D eigenvalue weighted by atomic mass is 10.3. The first-order chi connectivity index (χ1) is 10.2. The van der Waals surface area contributed by atoms with Crippen LogP contribution < -0.4 is 21.3 Å². The summed E-state index contributed by atoms with van der Waals surface area (Å²) >= 11 is 0. The average Bonchev–Trinajstić information content (AvgIpc) is 2.98. The highest BCUT2D eigenvalue weighted by Gasteiger charge is 2.17. The van der Waals surface area contributed by atoms with Crippen LogP contribution in [0.5, 0.6) is 0 Å². The number of nitrogens with two attached hydrogens (primary N) is 1. The van der Waals surface area contributed by atoms with Gasteiger partial charge in [0.15, 0.2) is 0 Å². The van der Waals surface area contributed by atoms with Crippen LogP contribution in [0.25, 0.3) is 0 Å². The Bertz CT molecular complexity index is 474. The lowest BCUT2D eigenvalue weighted by Crippen LogP contribution is -2.22. The van der Waals surface area contributed by atoms with E-state index in [4.69, 9.17) is 5.73 Å². The Morgan fingerprint density at radius 2 is 1.86 bits per heavy atom. The highest BCUT2D eigenvalue weighted by Crippen LogP contribution is 2.18. The fourth-order valence-electron chi connectivity index (χ4n) is 2.20. The second-order valence-electron chi connectivity index (χ2n) is 5.00. The number of aromatic nitrogens is 3. The normalized spacial score (nSPS) is 14.2. The lowest BCUT2D eigenvalue weighted by molar-refractivity contribution is -0.118. The number of rotatable bonds is 8. The number of carbonyl (C=O) groups is 1. The Morgan fingerprint density at radius 3 is 2.48 bits per heavy atom. The lowest BCUT2D eigenvalue weighted by Gasteiger charge is -2.17. The molecule has 0 aromatic carbocycles. The predicted octanol–water partition coefficient (Wildman–Crippen LogP) is 0.581. The van der Waals surface area contributed by atoms with Crippen LogP contribution in [0.3, 0.4) is 0 Å². The third kappa shape index (κ3) is 4.73. The topological polar surface area (TPSA) is 109 Å². The molecular weight excluding hydrogens is 270 g/mol. The first-order valence-corrected chi connectivity index (χ1v) is 7.46. The highest BCUT2D eigenvalue weighted by atomic mass is 16.1. The molecule has 21 heavy (non-hydrogen) atoms. The largest absolute Gasteiger partial charge is 0.370 e. The van der Waals surface area contributed by atoms with Crippen molar-refractivity contribution in [2.75, 3.05) is 41.7 Å². The molecule has 1 fully saturated rings. The summed E-state index contributed by atoms with van der Waals surface area (Å²) < 4.78 is 0. The van der Waals surface area contributed by atoms with Crippen LogP contribution in [0.15, 0.2) is 0 Å². The minimum atomic E-state index is -0.293. The van der Waals surface area contributed by atoms with Gasteiger partial charge in [0, 0.05) is 32.6 Å². The summed E-state index contributed by atoms with van der Waals surface area (Å²) in [5, 5.41) is 6.24. The maximum Gasteiger partial charge on any atom is 0.231 e. The maximum atomic E-state index is 10.7. The molecule has 1 aromatic heterocycles. The summed E-state index contributed by atoms with van der Waals surface area (Å²) in [5.41, 5.74) is 5.12. The molecule has 1 amide bonds. The molecule has 2 heterocycles. The minimum absolute atomic E-state index is 0.293. The Hall–Kier alpha value is -2.12. The SMILES string of the molecule is CCNc1nc(NCCCC(N)=O)nc(N2CCCC2)n1. The molecule has 0 saturated carbocycles. The van der Waals surface area contributed by atoms with E-state index in [9.17, 15) is 4.79 Å². The Labute approximate surface area is 124 Å². The van der Waals surface area contributed by atoms with E-state index in [0.717, 1.165) is 19.6 Å². The quantitative estimate of drug-likeness (QED) is 0.601. The molecule has 4 N–H and O–H groups in total. The van der Waals surface area contributed by atoms with Crippen LogP contribution in [0.1, 0.15) is 32.6 Å². The van der Waals surface area contributed by atoms with E-state index >= 15 is 0 Å². The molecule has 0 aliphatic carbocycles. The fraction of sp³-hybridized carbons (Fsp3) is 0.692. The van der Waals surface area contributed by atoms with Gasteiger partial charge in [0.05, 0.1) is 0 Å². The number of hydrogen-bond donors (Lipinski definition) is 3. The number of primary amides is 1. The van der Waals surface area contributed by atoms with E-state index in [1.165, 1.54) is 12.8 Å². The highest BCUT2D eigenvalue weighted by molar-refractivity contribution is 5.73. The molecule has 8 heteroatoms. The van der Waals surface area contributed by atoms with Gasteiger partial charge in [-0.15, -0.1) is 0 Å². The van der Waals surface area contributed by atoms with Gasteiger partial charge in [0.25, 0.3) is 0 Å². The van der Waals surface area contributed by atoms with Gasteiger partial charge in [-0.2, -0.15) is 15.0 Å². The van der Waals surface area contributed by atoms with Crippen molar-refractivity contribution in [2.45, 2.75) is 32.6 Å². The number of hydrogen-bond acceptors (Lipinski definition) is 7. The van der Waals surface area contributed by atoms with Gasteiger partial charge >= 0.3 is 0 Å². The molecule has 1 aliphatic heterocycles. The van der Waals surface area contributed by atoms with Crippen LogP contribution in [-0.2, 0) is 4.79 Å². The minimum Gasteiger partial charge on any atom is -0.370 e. The molecule has 1 aliphatic rings. The van der Waals surface area contributed by atoms with Gasteiger partial charge in [-0.05, 0) is 26.2 Å². The fourth-order valence-corrected chi connectivity index (χ4v) is 2.20. The van der Waals surface area contributed by atoms with E-state index in [2.05, 4.69) is 30.5 Å². The van der Waals surface area contributed by atoms with Gasteiger partial charge in [-0.3, -0.25) is 4.79 Å². The number of nitrogens with zero attached hydrogens (tertiary/aromatic N) is 4. The van der Waals surface area contributed by atoms with Crippen LogP contribution in [0.2, 0.25) is 0 Å². The van der Waals surface area contributed by atoms with Crippen molar-refractivity contribution in [3.05, 3.63) is 0 Å². The molecule has 0 unspecified atom stereocenters. The maximum absolute atomic E-state index is 10.7. The summed E-state index contributed by atoms with van der Waals surface area (Å²) in [6.07, 6.45) is 3.36. The van der Waals surface area contributed by atoms with Crippen LogP contribution in [0.4, 0.5) is 17.8 Å². The molecular formula is C13H23N7O. The number of carbonyl (C=O) groups excluding carboxylic acids is 1. The van der Waals surface area contributed by atoms with Crippen LogP contribution in [0, 0.1) is 0 Å². The summed E-state index contributed by atoms with van der Waals surface area (Å²) in [7, 11) is 0. The Morgan fingerprint density at radius 1 is 1.19 bits per heavy atom. The molecule has 0 bridgehead atoms. The molecule has 0 radical (unpaired) electrons. The number of amides is 1. The first-order valence-electron chi connectivity index (χ1n) is 7.46. The van der Waals surface area contributed by atoms with Crippen molar-refractivity contribution in [3.63, 3.8) is 0 Å². The molecule has 0 atom stereocenters. The van der Waals surface area contributed by atoms with Crippen molar-refractivity contribution in [1.82, 2.24) is 15.0 Å². The van der Waals surface area contributed by atoms with E-state index in [0.29, 0.717) is 37.2 Å². The molecule has 2 rings (SSSR count). The molecule has 1 aromatic rings. The van der Waals surface area contributed by atoms with Crippen LogP contribution >= 0.6 is 0 Å². The average molecular weight is 293 g/mol.